The molecule has 0 radical (unpaired) electrons. The van der Waals surface area contributed by atoms with Gasteiger partial charge in [0.1, 0.15) is 11.3 Å². The van der Waals surface area contributed by atoms with E-state index >= 15 is 0 Å². The summed E-state index contributed by atoms with van der Waals surface area (Å²) in [6, 6.07) is 65.7. The van der Waals surface area contributed by atoms with Crippen molar-refractivity contribution in [3.63, 3.8) is 0 Å². The summed E-state index contributed by atoms with van der Waals surface area (Å²) in [5, 5.41) is 11.0. The smallest absolute Gasteiger partial charge is 0.135 e. The van der Waals surface area contributed by atoms with Crippen molar-refractivity contribution in [1.82, 2.24) is 0 Å². The lowest BCUT2D eigenvalue weighted by Crippen LogP contribution is -1.91. The van der Waals surface area contributed by atoms with Gasteiger partial charge in [-0.15, -0.1) is 0 Å². The topological polar surface area (TPSA) is 13.1 Å². The fraction of sp³-hybridized carbons (Fsp3) is 0. The minimum Gasteiger partial charge on any atom is -0.456 e. The molecule has 0 amide bonds. The minimum atomic E-state index is 0.875. The van der Waals surface area contributed by atoms with Crippen LogP contribution in [0.1, 0.15) is 0 Å². The molecule has 1 heteroatoms. The molecule has 9 aromatic carbocycles. The van der Waals surface area contributed by atoms with Crippen LogP contribution in [-0.2, 0) is 0 Å². The quantitative estimate of drug-likeness (QED) is 0.141. The van der Waals surface area contributed by atoms with Crippen LogP contribution < -0.4 is 0 Å². The molecular formula is C48H30O. The van der Waals surface area contributed by atoms with Gasteiger partial charge in [-0.1, -0.05) is 158 Å². The SMILES string of the molecule is c1ccc(-c2cccc(-c3c4ccccc4c(-c4cccc5oc(-c6ccc7ccc8ccccc8c7c6)cc45)c4ccccc34)c2)cc1. The van der Waals surface area contributed by atoms with E-state index in [-0.39, 0.29) is 0 Å². The molecule has 0 saturated carbocycles. The first-order valence-electron chi connectivity index (χ1n) is 16.8. The van der Waals surface area contributed by atoms with Gasteiger partial charge in [-0.2, -0.15) is 0 Å². The van der Waals surface area contributed by atoms with Gasteiger partial charge in [-0.05, 0) is 101 Å². The van der Waals surface area contributed by atoms with E-state index in [1.165, 1.54) is 76.5 Å². The van der Waals surface area contributed by atoms with E-state index in [4.69, 9.17) is 4.42 Å². The van der Waals surface area contributed by atoms with Crippen molar-refractivity contribution < 1.29 is 4.42 Å². The summed E-state index contributed by atoms with van der Waals surface area (Å²) in [7, 11) is 0. The Morgan fingerprint density at radius 3 is 1.61 bits per heavy atom. The van der Waals surface area contributed by atoms with E-state index in [1.54, 1.807) is 0 Å². The Morgan fingerprint density at radius 1 is 0.286 bits per heavy atom. The second-order valence-electron chi connectivity index (χ2n) is 12.8. The Kier molecular flexibility index (Phi) is 6.25. The third-order valence-electron chi connectivity index (χ3n) is 10.1. The number of hydrogen-bond donors (Lipinski definition) is 0. The van der Waals surface area contributed by atoms with Gasteiger partial charge in [0.25, 0.3) is 0 Å². The number of rotatable bonds is 4. The Hall–Kier alpha value is -6.44. The van der Waals surface area contributed by atoms with Gasteiger partial charge in [0, 0.05) is 10.9 Å². The van der Waals surface area contributed by atoms with Gasteiger partial charge in [-0.25, -0.2) is 0 Å². The number of hydrogen-bond acceptors (Lipinski definition) is 1. The van der Waals surface area contributed by atoms with Crippen LogP contribution >= 0.6 is 0 Å². The molecule has 10 aromatic rings. The van der Waals surface area contributed by atoms with Crippen LogP contribution in [0.15, 0.2) is 186 Å². The summed E-state index contributed by atoms with van der Waals surface area (Å²) in [4.78, 5) is 0. The van der Waals surface area contributed by atoms with Gasteiger partial charge < -0.3 is 4.42 Å². The third kappa shape index (κ3) is 4.47. The number of furan rings is 1. The highest BCUT2D eigenvalue weighted by atomic mass is 16.3. The van der Waals surface area contributed by atoms with Crippen LogP contribution in [0, 0.1) is 0 Å². The summed E-state index contributed by atoms with van der Waals surface area (Å²) in [5.74, 6) is 0.875. The van der Waals surface area contributed by atoms with Gasteiger partial charge in [0.05, 0.1) is 0 Å². The summed E-state index contributed by atoms with van der Waals surface area (Å²) in [6.07, 6.45) is 0. The van der Waals surface area contributed by atoms with Gasteiger partial charge in [0.15, 0.2) is 0 Å². The highest BCUT2D eigenvalue weighted by Crippen LogP contribution is 2.46. The zero-order valence-electron chi connectivity index (χ0n) is 26.7. The first-order valence-corrected chi connectivity index (χ1v) is 16.8. The average Bonchev–Trinajstić information content (AvgIpc) is 3.62. The van der Waals surface area contributed by atoms with Crippen LogP contribution in [0.4, 0.5) is 0 Å². The van der Waals surface area contributed by atoms with E-state index in [9.17, 15) is 0 Å². The van der Waals surface area contributed by atoms with Crippen LogP contribution in [0.5, 0.6) is 0 Å². The fourth-order valence-corrected chi connectivity index (χ4v) is 7.79. The Balaban J connectivity index is 1.20. The third-order valence-corrected chi connectivity index (χ3v) is 10.1. The van der Waals surface area contributed by atoms with Crippen LogP contribution in [-0.4, -0.2) is 0 Å². The molecule has 0 unspecified atom stereocenters. The molecule has 0 bridgehead atoms. The van der Waals surface area contributed by atoms with Crippen molar-refractivity contribution in [3.05, 3.63) is 182 Å². The lowest BCUT2D eigenvalue weighted by Gasteiger charge is -2.18. The summed E-state index contributed by atoms with van der Waals surface area (Å²) >= 11 is 0. The summed E-state index contributed by atoms with van der Waals surface area (Å²) in [6.45, 7) is 0. The molecule has 0 aliphatic rings. The Bertz CT molecular complexity index is 2820. The predicted octanol–water partition coefficient (Wildman–Crippen LogP) is 13.7. The lowest BCUT2D eigenvalue weighted by molar-refractivity contribution is 0.632. The molecule has 0 fully saturated rings. The first kappa shape index (κ1) is 27.7. The van der Waals surface area contributed by atoms with Gasteiger partial charge in [-0.3, -0.25) is 0 Å². The standard InChI is InChI=1S/C48H30O/c1-2-12-31(13-3-1)34-15-10-16-36(28-34)47-38-18-6-8-20-40(38)48(41-21-9-7-19-39(41)47)42-22-11-23-45-44(42)30-46(49-45)35-27-26-33-25-24-32-14-4-5-17-37(32)43(33)29-35/h1-30H. The number of fused-ring (bicyclic) bond motifs is 6. The molecule has 0 aliphatic carbocycles. The second-order valence-corrected chi connectivity index (χ2v) is 12.8. The monoisotopic (exact) mass is 622 g/mol. The van der Waals surface area contributed by atoms with Crippen LogP contribution in [0.3, 0.4) is 0 Å². The van der Waals surface area contributed by atoms with Crippen molar-refractivity contribution in [1.29, 1.82) is 0 Å². The zero-order chi connectivity index (χ0) is 32.3. The van der Waals surface area contributed by atoms with E-state index < -0.39 is 0 Å². The van der Waals surface area contributed by atoms with E-state index in [1.807, 2.05) is 0 Å². The summed E-state index contributed by atoms with van der Waals surface area (Å²) in [5.41, 5.74) is 9.29. The van der Waals surface area contributed by atoms with Gasteiger partial charge >= 0.3 is 0 Å². The maximum atomic E-state index is 6.65. The molecule has 0 saturated heterocycles. The number of benzene rings is 9. The lowest BCUT2D eigenvalue weighted by atomic mass is 9.84. The molecule has 0 aliphatic heterocycles. The largest absolute Gasteiger partial charge is 0.456 e. The maximum Gasteiger partial charge on any atom is 0.135 e. The molecule has 49 heavy (non-hydrogen) atoms. The van der Waals surface area contributed by atoms with Crippen LogP contribution in [0.25, 0.3) is 98.8 Å². The van der Waals surface area contributed by atoms with Crippen LogP contribution in [0.2, 0.25) is 0 Å². The highest BCUT2D eigenvalue weighted by Gasteiger charge is 2.20. The van der Waals surface area contributed by atoms with E-state index in [0.717, 1.165) is 22.3 Å². The normalized spacial score (nSPS) is 11.7. The Labute approximate surface area is 284 Å². The first-order chi connectivity index (χ1) is 24.3. The molecule has 0 N–H and O–H groups in total. The fourth-order valence-electron chi connectivity index (χ4n) is 7.79. The van der Waals surface area contributed by atoms with E-state index in [0.29, 0.717) is 0 Å². The molecule has 0 spiro atoms. The van der Waals surface area contributed by atoms with Gasteiger partial charge in [0.2, 0.25) is 0 Å². The second kappa shape index (κ2) is 11.1. The molecule has 228 valence electrons. The molecule has 1 aromatic heterocycles. The molecule has 1 heterocycles. The van der Waals surface area contributed by atoms with E-state index in [2.05, 4.69) is 182 Å². The Morgan fingerprint density at radius 2 is 0.857 bits per heavy atom. The van der Waals surface area contributed by atoms with Crippen molar-refractivity contribution in [2.45, 2.75) is 0 Å². The summed E-state index contributed by atoms with van der Waals surface area (Å²) < 4.78 is 6.65. The highest BCUT2D eigenvalue weighted by molar-refractivity contribution is 6.23. The molecule has 10 rings (SSSR count). The minimum absolute atomic E-state index is 0.875. The average molecular weight is 623 g/mol. The zero-order valence-corrected chi connectivity index (χ0v) is 26.7. The van der Waals surface area contributed by atoms with Crippen molar-refractivity contribution in [2.24, 2.45) is 0 Å². The van der Waals surface area contributed by atoms with Crippen molar-refractivity contribution >= 4 is 54.1 Å². The van der Waals surface area contributed by atoms with Crippen molar-refractivity contribution in [3.8, 4) is 44.7 Å². The molecule has 0 atom stereocenters. The maximum absolute atomic E-state index is 6.65. The molecule has 1 nitrogen and oxygen atoms in total. The predicted molar refractivity (Wildman–Crippen MR) is 208 cm³/mol. The van der Waals surface area contributed by atoms with Crippen molar-refractivity contribution in [2.75, 3.05) is 0 Å². The molecular weight excluding hydrogens is 593 g/mol.